The van der Waals surface area contributed by atoms with Crippen molar-refractivity contribution in [2.75, 3.05) is 12.3 Å². The lowest BCUT2D eigenvalue weighted by Gasteiger charge is -2.14. The summed E-state index contributed by atoms with van der Waals surface area (Å²) in [6.45, 7) is 2.80. The minimum atomic E-state index is -0.244. The molecular weight excluding hydrogens is 424 g/mol. The van der Waals surface area contributed by atoms with Gasteiger partial charge in [-0.1, -0.05) is 54.2 Å². The fourth-order valence-corrected chi connectivity index (χ4v) is 4.65. The summed E-state index contributed by atoms with van der Waals surface area (Å²) < 4.78 is 7.51. The number of rotatable bonds is 7. The zero-order valence-corrected chi connectivity index (χ0v) is 18.2. The predicted molar refractivity (Wildman–Crippen MR) is 121 cm³/mol. The Morgan fingerprint density at radius 2 is 1.56 bits per heavy atom. The van der Waals surface area contributed by atoms with E-state index in [9.17, 15) is 9.59 Å². The van der Waals surface area contributed by atoms with Gasteiger partial charge < -0.3 is 4.42 Å². The van der Waals surface area contributed by atoms with Gasteiger partial charge in [0.25, 0.3) is 11.8 Å². The van der Waals surface area contributed by atoms with Gasteiger partial charge in [0.2, 0.25) is 0 Å². The molecule has 5 rings (SSSR count). The van der Waals surface area contributed by atoms with Crippen molar-refractivity contribution in [2.45, 2.75) is 18.6 Å². The fourth-order valence-electron chi connectivity index (χ4n) is 3.79. The Morgan fingerprint density at radius 1 is 0.875 bits per heavy atom. The zero-order chi connectivity index (χ0) is 22.1. The first kappa shape index (κ1) is 20.3. The SMILES string of the molecule is Cc1occc1-c1nnc(SCCN2C(=O)c3ccccc3C2=O)n1Cc1ccccc1. The molecule has 0 unspecified atom stereocenters. The van der Waals surface area contributed by atoms with Crippen molar-refractivity contribution >= 4 is 23.6 Å². The van der Waals surface area contributed by atoms with Gasteiger partial charge in [0.05, 0.1) is 29.5 Å². The molecule has 0 fully saturated rings. The van der Waals surface area contributed by atoms with Gasteiger partial charge in [-0.05, 0) is 30.7 Å². The van der Waals surface area contributed by atoms with Gasteiger partial charge >= 0.3 is 0 Å². The Morgan fingerprint density at radius 3 is 2.22 bits per heavy atom. The first-order valence-corrected chi connectivity index (χ1v) is 11.2. The van der Waals surface area contributed by atoms with Crippen LogP contribution in [0.2, 0.25) is 0 Å². The molecule has 1 aliphatic rings. The molecule has 2 aromatic carbocycles. The Kier molecular flexibility index (Phi) is 5.36. The normalized spacial score (nSPS) is 13.1. The molecule has 0 spiro atoms. The van der Waals surface area contributed by atoms with Crippen molar-refractivity contribution < 1.29 is 14.0 Å². The third-order valence-corrected chi connectivity index (χ3v) is 6.37. The topological polar surface area (TPSA) is 81.2 Å². The lowest BCUT2D eigenvalue weighted by molar-refractivity contribution is 0.0664. The van der Waals surface area contributed by atoms with Gasteiger partial charge in [0, 0.05) is 12.3 Å². The molecule has 0 atom stereocenters. The van der Waals surface area contributed by atoms with E-state index < -0.39 is 0 Å². The smallest absolute Gasteiger partial charge is 0.261 e. The number of hydrogen-bond acceptors (Lipinski definition) is 6. The van der Waals surface area contributed by atoms with E-state index in [1.807, 2.05) is 35.8 Å². The van der Waals surface area contributed by atoms with Crippen LogP contribution in [0.3, 0.4) is 0 Å². The molecule has 0 radical (unpaired) electrons. The maximum atomic E-state index is 12.6. The number of amides is 2. The summed E-state index contributed by atoms with van der Waals surface area (Å²) >= 11 is 1.47. The van der Waals surface area contributed by atoms with Gasteiger partial charge in [-0.15, -0.1) is 10.2 Å². The fraction of sp³-hybridized carbons (Fsp3) is 0.167. The average Bonchev–Trinajstić information content (AvgIpc) is 3.48. The van der Waals surface area contributed by atoms with E-state index in [4.69, 9.17) is 4.42 Å². The van der Waals surface area contributed by atoms with E-state index >= 15 is 0 Å². The molecule has 2 amide bonds. The van der Waals surface area contributed by atoms with Crippen LogP contribution in [0.25, 0.3) is 11.4 Å². The van der Waals surface area contributed by atoms with E-state index in [1.165, 1.54) is 16.7 Å². The van der Waals surface area contributed by atoms with Crippen molar-refractivity contribution in [1.29, 1.82) is 0 Å². The highest BCUT2D eigenvalue weighted by atomic mass is 32.2. The second kappa shape index (κ2) is 8.47. The Bertz CT molecular complexity index is 1260. The first-order valence-electron chi connectivity index (χ1n) is 10.2. The second-order valence-electron chi connectivity index (χ2n) is 7.42. The van der Waals surface area contributed by atoms with Crippen molar-refractivity contribution in [2.24, 2.45) is 0 Å². The highest BCUT2D eigenvalue weighted by Crippen LogP contribution is 2.29. The molecular formula is C24H20N4O3S. The number of furan rings is 1. The van der Waals surface area contributed by atoms with Gasteiger partial charge in [0.1, 0.15) is 5.76 Å². The molecule has 0 bridgehead atoms. The number of aryl methyl sites for hydroxylation is 1. The number of hydrogen-bond donors (Lipinski definition) is 0. The highest BCUT2D eigenvalue weighted by molar-refractivity contribution is 7.99. The van der Waals surface area contributed by atoms with E-state index in [0.717, 1.165) is 27.9 Å². The first-order chi connectivity index (χ1) is 15.6. The van der Waals surface area contributed by atoms with Crippen LogP contribution in [0.5, 0.6) is 0 Å². The molecule has 1 aliphatic heterocycles. The summed E-state index contributed by atoms with van der Waals surface area (Å²) in [7, 11) is 0. The van der Waals surface area contributed by atoms with Gasteiger partial charge in [-0.25, -0.2) is 0 Å². The number of carbonyl (C=O) groups excluding carboxylic acids is 2. The Balaban J connectivity index is 1.36. The third-order valence-electron chi connectivity index (χ3n) is 5.42. The van der Waals surface area contributed by atoms with Crippen molar-refractivity contribution in [1.82, 2.24) is 19.7 Å². The van der Waals surface area contributed by atoms with Crippen LogP contribution in [-0.2, 0) is 6.54 Å². The minimum absolute atomic E-state index is 0.244. The molecule has 0 aliphatic carbocycles. The van der Waals surface area contributed by atoms with E-state index in [-0.39, 0.29) is 11.8 Å². The Labute approximate surface area is 189 Å². The van der Waals surface area contributed by atoms with Gasteiger partial charge in [0.15, 0.2) is 11.0 Å². The summed E-state index contributed by atoms with van der Waals surface area (Å²) in [6.07, 6.45) is 1.64. The summed E-state index contributed by atoms with van der Waals surface area (Å²) in [4.78, 5) is 26.5. The second-order valence-corrected chi connectivity index (χ2v) is 8.49. The summed E-state index contributed by atoms with van der Waals surface area (Å²) in [5.41, 5.74) is 2.94. The maximum absolute atomic E-state index is 12.6. The standard InChI is InChI=1S/C24H20N4O3S/c1-16-18(11-13-31-16)21-25-26-24(28(21)15-17-7-3-2-4-8-17)32-14-12-27-22(29)19-9-5-6-10-20(19)23(27)30/h2-11,13H,12,14-15H2,1H3. The minimum Gasteiger partial charge on any atom is -0.469 e. The maximum Gasteiger partial charge on any atom is 0.261 e. The summed E-state index contributed by atoms with van der Waals surface area (Å²) in [6, 6.07) is 18.9. The third kappa shape index (κ3) is 3.62. The van der Waals surface area contributed by atoms with E-state index in [2.05, 4.69) is 22.3 Å². The average molecular weight is 445 g/mol. The molecule has 4 aromatic rings. The van der Waals surface area contributed by atoms with Crippen molar-refractivity contribution in [3.8, 4) is 11.4 Å². The van der Waals surface area contributed by atoms with Crippen LogP contribution in [0.4, 0.5) is 0 Å². The van der Waals surface area contributed by atoms with Crippen LogP contribution in [0.15, 0.2) is 76.5 Å². The lowest BCUT2D eigenvalue weighted by atomic mass is 10.1. The monoisotopic (exact) mass is 444 g/mol. The summed E-state index contributed by atoms with van der Waals surface area (Å²) in [5, 5.41) is 9.53. The van der Waals surface area contributed by atoms with Crippen LogP contribution in [0, 0.1) is 6.92 Å². The molecule has 7 nitrogen and oxygen atoms in total. The number of carbonyl (C=O) groups is 2. The largest absolute Gasteiger partial charge is 0.469 e. The van der Waals surface area contributed by atoms with Crippen LogP contribution in [-0.4, -0.2) is 43.8 Å². The van der Waals surface area contributed by atoms with Crippen molar-refractivity contribution in [3.63, 3.8) is 0 Å². The number of nitrogens with zero attached hydrogens (tertiary/aromatic N) is 4. The molecule has 160 valence electrons. The van der Waals surface area contributed by atoms with Crippen LogP contribution >= 0.6 is 11.8 Å². The van der Waals surface area contributed by atoms with Gasteiger partial charge in [-0.2, -0.15) is 0 Å². The van der Waals surface area contributed by atoms with E-state index in [1.54, 1.807) is 30.5 Å². The van der Waals surface area contributed by atoms with E-state index in [0.29, 0.717) is 30.0 Å². The van der Waals surface area contributed by atoms with Gasteiger partial charge in [-0.3, -0.25) is 19.1 Å². The number of aromatic nitrogens is 3. The molecule has 0 saturated carbocycles. The van der Waals surface area contributed by atoms with Crippen LogP contribution in [0.1, 0.15) is 32.0 Å². The molecule has 0 saturated heterocycles. The number of imide groups is 1. The number of fused-ring (bicyclic) bond motifs is 1. The quantitative estimate of drug-likeness (QED) is 0.313. The highest BCUT2D eigenvalue weighted by Gasteiger charge is 2.34. The predicted octanol–water partition coefficient (Wildman–Crippen LogP) is 4.28. The molecule has 8 heteroatoms. The van der Waals surface area contributed by atoms with Crippen LogP contribution < -0.4 is 0 Å². The number of benzene rings is 2. The molecule has 32 heavy (non-hydrogen) atoms. The van der Waals surface area contributed by atoms with Crippen molar-refractivity contribution in [3.05, 3.63) is 89.4 Å². The lowest BCUT2D eigenvalue weighted by Crippen LogP contribution is -2.31. The Hall–Kier alpha value is -3.65. The zero-order valence-electron chi connectivity index (χ0n) is 17.4. The molecule has 0 N–H and O–H groups in total. The molecule has 2 aromatic heterocycles. The summed E-state index contributed by atoms with van der Waals surface area (Å²) in [5.74, 6) is 1.53. The molecule has 3 heterocycles. The number of thioether (sulfide) groups is 1.